The Labute approximate surface area is 321 Å². The number of carbonyl (C=O) groups is 2. The fraction of sp³-hybridized carbons (Fsp3) is 0.786. The predicted molar refractivity (Wildman–Crippen MR) is 212 cm³/mol. The van der Waals surface area contributed by atoms with E-state index in [1.807, 2.05) is 26.8 Å². The molecule has 0 aliphatic heterocycles. The van der Waals surface area contributed by atoms with Gasteiger partial charge in [-0.1, -0.05) is 165 Å². The summed E-state index contributed by atoms with van der Waals surface area (Å²) >= 11 is 0. The highest BCUT2D eigenvalue weighted by Gasteiger charge is 2.33. The molecule has 0 saturated carbocycles. The van der Waals surface area contributed by atoms with E-state index in [2.05, 4.69) is 15.5 Å². The molecule has 0 bridgehead atoms. The van der Waals surface area contributed by atoms with Gasteiger partial charge >= 0.3 is 11.9 Å². The molecule has 0 radical (unpaired) electrons. The summed E-state index contributed by atoms with van der Waals surface area (Å²) in [6.07, 6.45) is 28.3. The Morgan fingerprint density at radius 1 is 0.698 bits per heavy atom. The average Bonchev–Trinajstić information content (AvgIpc) is 3.64. The summed E-state index contributed by atoms with van der Waals surface area (Å²) in [5.41, 5.74) is 0.163. The number of methoxy groups -OCH3 is 1. The lowest BCUT2D eigenvalue weighted by atomic mass is 9.90. The molecule has 302 valence electrons. The van der Waals surface area contributed by atoms with Gasteiger partial charge in [-0.25, -0.2) is 8.42 Å². The first-order valence-corrected chi connectivity index (χ1v) is 22.4. The molecule has 1 unspecified atom stereocenters. The molecule has 2 rings (SSSR count). The predicted octanol–water partition coefficient (Wildman–Crippen LogP) is 10.4. The van der Waals surface area contributed by atoms with Gasteiger partial charge in [0.1, 0.15) is 0 Å². The summed E-state index contributed by atoms with van der Waals surface area (Å²) in [6.45, 7) is 8.05. The topological polar surface area (TPSA) is 130 Å². The van der Waals surface area contributed by atoms with Gasteiger partial charge in [0, 0.05) is 0 Å². The maximum absolute atomic E-state index is 13.3. The first kappa shape index (κ1) is 46.3. The van der Waals surface area contributed by atoms with Gasteiger partial charge in [-0.15, -0.1) is 0 Å². The summed E-state index contributed by atoms with van der Waals surface area (Å²) in [5.74, 6) is -1.62. The van der Waals surface area contributed by atoms with Crippen molar-refractivity contribution in [1.29, 1.82) is 0 Å². The molecule has 11 heteroatoms. The highest BCUT2D eigenvalue weighted by atomic mass is 32.2. The Kier molecular flexibility index (Phi) is 23.5. The third-order valence-electron chi connectivity index (χ3n) is 10.1. The lowest BCUT2D eigenvalue weighted by molar-refractivity contribution is -0.153. The quantitative estimate of drug-likeness (QED) is 0.0544. The molecule has 0 fully saturated rings. The van der Waals surface area contributed by atoms with E-state index in [4.69, 9.17) is 9.47 Å². The van der Waals surface area contributed by atoms with Crippen LogP contribution in [0.25, 0.3) is 5.69 Å². The third kappa shape index (κ3) is 19.9. The molecule has 0 aliphatic rings. The fourth-order valence-corrected chi connectivity index (χ4v) is 8.45. The minimum atomic E-state index is -3.84. The summed E-state index contributed by atoms with van der Waals surface area (Å²) in [4.78, 5) is 24.4. The van der Waals surface area contributed by atoms with Crippen LogP contribution in [0.5, 0.6) is 0 Å². The van der Waals surface area contributed by atoms with Crippen LogP contribution >= 0.6 is 0 Å². The van der Waals surface area contributed by atoms with Crippen molar-refractivity contribution in [3.05, 3.63) is 30.3 Å². The number of aromatic nitrogens is 4. The minimum absolute atomic E-state index is 0.0963. The van der Waals surface area contributed by atoms with Crippen molar-refractivity contribution >= 4 is 21.8 Å². The van der Waals surface area contributed by atoms with Crippen molar-refractivity contribution in [3.63, 3.8) is 0 Å². The second-order valence-electron chi connectivity index (χ2n) is 16.0. The van der Waals surface area contributed by atoms with Gasteiger partial charge in [-0.05, 0) is 62.1 Å². The molecule has 1 heterocycles. The van der Waals surface area contributed by atoms with E-state index in [0.29, 0.717) is 18.7 Å². The van der Waals surface area contributed by atoms with Gasteiger partial charge in [0.2, 0.25) is 9.84 Å². The Bertz CT molecular complexity index is 1360. The number of rotatable bonds is 31. The van der Waals surface area contributed by atoms with Crippen LogP contribution in [0, 0.1) is 17.3 Å². The fourth-order valence-electron chi connectivity index (χ4n) is 6.81. The normalized spacial score (nSPS) is 13.2. The summed E-state index contributed by atoms with van der Waals surface area (Å²) < 4.78 is 38.2. The number of para-hydroxylation sites is 1. The van der Waals surface area contributed by atoms with E-state index < -0.39 is 27.1 Å². The number of hydrogen-bond acceptors (Lipinski definition) is 9. The molecule has 0 saturated heterocycles. The van der Waals surface area contributed by atoms with E-state index in [9.17, 15) is 18.0 Å². The number of benzene rings is 1. The van der Waals surface area contributed by atoms with Crippen LogP contribution in [0.15, 0.2) is 35.5 Å². The Morgan fingerprint density at radius 2 is 1.13 bits per heavy atom. The molecule has 53 heavy (non-hydrogen) atoms. The average molecular weight is 761 g/mol. The molecular formula is C42H72N4O6S. The van der Waals surface area contributed by atoms with Crippen LogP contribution in [0.3, 0.4) is 0 Å². The molecule has 2 aromatic rings. The van der Waals surface area contributed by atoms with Gasteiger partial charge in [0.15, 0.2) is 0 Å². The van der Waals surface area contributed by atoms with Crippen LogP contribution in [0.4, 0.5) is 0 Å². The maximum atomic E-state index is 13.3. The standard InChI is InChI=1S/C42H72N4O6S/c1-36(35-53(49,50)41-43-44-45-46(41)37-31-27-26-28-32-37)38(39(47)51-5)33-29-24-22-20-18-16-14-12-10-8-6-7-9-11-13-15-17-19-21-23-25-30-34-52-40(48)42(2,3)4/h26-28,31-32,36,38H,6-25,29-30,33-35H2,1-5H3/t36-,38?/m1/s1. The number of nitrogens with zero attached hydrogens (tertiary/aromatic N) is 4. The van der Waals surface area contributed by atoms with Crippen LogP contribution in [-0.4, -0.2) is 60.0 Å². The van der Waals surface area contributed by atoms with Gasteiger partial charge in [-0.3, -0.25) is 9.59 Å². The van der Waals surface area contributed by atoms with Crippen LogP contribution in [0.2, 0.25) is 0 Å². The molecule has 1 aromatic heterocycles. The molecule has 2 atom stereocenters. The molecule has 10 nitrogen and oxygen atoms in total. The number of hydrogen-bond donors (Lipinski definition) is 0. The van der Waals surface area contributed by atoms with Gasteiger partial charge in [0.25, 0.3) is 5.16 Å². The Hall–Kier alpha value is -2.82. The second kappa shape index (κ2) is 26.9. The van der Waals surface area contributed by atoms with Crippen LogP contribution < -0.4 is 0 Å². The first-order chi connectivity index (χ1) is 25.5. The third-order valence-corrected chi connectivity index (χ3v) is 11.9. The molecule has 0 aliphatic carbocycles. The molecule has 0 spiro atoms. The molecule has 1 aromatic carbocycles. The van der Waals surface area contributed by atoms with Crippen molar-refractivity contribution in [3.8, 4) is 5.69 Å². The zero-order valence-electron chi connectivity index (χ0n) is 33.9. The first-order valence-electron chi connectivity index (χ1n) is 20.8. The van der Waals surface area contributed by atoms with Crippen molar-refractivity contribution in [2.24, 2.45) is 17.3 Å². The molecular weight excluding hydrogens is 689 g/mol. The van der Waals surface area contributed by atoms with Crippen molar-refractivity contribution < 1.29 is 27.5 Å². The largest absolute Gasteiger partial charge is 0.469 e. The molecule has 0 amide bonds. The van der Waals surface area contributed by atoms with E-state index in [-0.39, 0.29) is 22.8 Å². The lowest BCUT2D eigenvalue weighted by Gasteiger charge is -2.21. The monoisotopic (exact) mass is 761 g/mol. The number of tetrazole rings is 1. The van der Waals surface area contributed by atoms with E-state index >= 15 is 0 Å². The zero-order valence-corrected chi connectivity index (χ0v) is 34.7. The highest BCUT2D eigenvalue weighted by molar-refractivity contribution is 7.91. The summed E-state index contributed by atoms with van der Waals surface area (Å²) in [5, 5.41) is 11.1. The summed E-state index contributed by atoms with van der Waals surface area (Å²) in [6, 6.07) is 8.91. The van der Waals surface area contributed by atoms with Crippen molar-refractivity contribution in [2.45, 2.75) is 181 Å². The van der Waals surface area contributed by atoms with E-state index in [0.717, 1.165) is 32.1 Å². The van der Waals surface area contributed by atoms with Gasteiger partial charge < -0.3 is 9.47 Å². The van der Waals surface area contributed by atoms with Crippen LogP contribution in [0.1, 0.15) is 175 Å². The van der Waals surface area contributed by atoms with Gasteiger partial charge in [-0.2, -0.15) is 4.68 Å². The summed E-state index contributed by atoms with van der Waals surface area (Å²) in [7, 11) is -2.48. The number of sulfone groups is 1. The SMILES string of the molecule is COC(=O)C(CCCCCCCCCCCCCCCCCCCCCCCCOC(=O)C(C)(C)C)[C@H](C)CS(=O)(=O)c1nnnn1-c1ccccc1. The Balaban J connectivity index is 1.41. The van der Waals surface area contributed by atoms with E-state index in [1.165, 1.54) is 121 Å². The van der Waals surface area contributed by atoms with Crippen molar-refractivity contribution in [2.75, 3.05) is 19.5 Å². The minimum Gasteiger partial charge on any atom is -0.469 e. The second-order valence-corrected chi connectivity index (χ2v) is 18.0. The zero-order chi connectivity index (χ0) is 38.8. The number of ether oxygens (including phenoxy) is 2. The van der Waals surface area contributed by atoms with Crippen LogP contribution in [-0.2, 0) is 28.9 Å². The number of unbranched alkanes of at least 4 members (excludes halogenated alkanes) is 21. The van der Waals surface area contributed by atoms with E-state index in [1.54, 1.807) is 31.2 Å². The number of esters is 2. The van der Waals surface area contributed by atoms with Crippen molar-refractivity contribution in [1.82, 2.24) is 20.2 Å². The Morgan fingerprint density at radius 3 is 1.57 bits per heavy atom. The smallest absolute Gasteiger partial charge is 0.311 e. The lowest BCUT2D eigenvalue weighted by Crippen LogP contribution is -2.29. The highest BCUT2D eigenvalue weighted by Crippen LogP contribution is 2.26. The maximum Gasteiger partial charge on any atom is 0.311 e. The number of carbonyl (C=O) groups excluding carboxylic acids is 2. The van der Waals surface area contributed by atoms with Gasteiger partial charge in [0.05, 0.1) is 36.5 Å². The molecule has 0 N–H and O–H groups in total.